The molecule has 144 valence electrons. The fourth-order valence-electron chi connectivity index (χ4n) is 3.13. The van der Waals surface area contributed by atoms with Crippen LogP contribution in [-0.4, -0.2) is 59.3 Å². The van der Waals surface area contributed by atoms with Crippen molar-refractivity contribution in [3.63, 3.8) is 0 Å². The van der Waals surface area contributed by atoms with Gasteiger partial charge in [-0.2, -0.15) is 5.10 Å². The number of nitrogens with one attached hydrogen (secondary N) is 1. The molecule has 7 heteroatoms. The predicted molar refractivity (Wildman–Crippen MR) is 102 cm³/mol. The lowest BCUT2D eigenvalue weighted by Crippen LogP contribution is -2.42. The molecule has 0 radical (unpaired) electrons. The van der Waals surface area contributed by atoms with Gasteiger partial charge in [-0.05, 0) is 37.6 Å². The Morgan fingerprint density at radius 1 is 1.15 bits per heavy atom. The third kappa shape index (κ3) is 5.17. The largest absolute Gasteiger partial charge is 0.378 e. The molecule has 3 rings (SSSR count). The van der Waals surface area contributed by atoms with Crippen LogP contribution in [0.15, 0.2) is 30.3 Å². The summed E-state index contributed by atoms with van der Waals surface area (Å²) >= 11 is 0. The van der Waals surface area contributed by atoms with Crippen LogP contribution in [0.4, 0.5) is 0 Å². The highest BCUT2D eigenvalue weighted by Gasteiger charge is 2.16. The number of aromatic nitrogens is 2. The summed E-state index contributed by atoms with van der Waals surface area (Å²) in [5.41, 5.74) is 3.78. The highest BCUT2D eigenvalue weighted by Crippen LogP contribution is 2.09. The van der Waals surface area contributed by atoms with Crippen LogP contribution in [0.1, 0.15) is 33.7 Å². The van der Waals surface area contributed by atoms with Crippen LogP contribution in [0.2, 0.25) is 0 Å². The van der Waals surface area contributed by atoms with E-state index < -0.39 is 0 Å². The molecule has 0 saturated carbocycles. The molecule has 2 aromatic rings. The van der Waals surface area contributed by atoms with Crippen molar-refractivity contribution in [2.75, 3.05) is 32.8 Å². The second kappa shape index (κ2) is 8.81. The van der Waals surface area contributed by atoms with Crippen molar-refractivity contribution in [3.8, 4) is 0 Å². The van der Waals surface area contributed by atoms with Crippen molar-refractivity contribution in [1.29, 1.82) is 0 Å². The lowest BCUT2D eigenvalue weighted by atomic mass is 10.1. The van der Waals surface area contributed by atoms with Gasteiger partial charge in [0.15, 0.2) is 0 Å². The van der Waals surface area contributed by atoms with Crippen LogP contribution in [0, 0.1) is 13.8 Å². The quantitative estimate of drug-likeness (QED) is 0.837. The van der Waals surface area contributed by atoms with Gasteiger partial charge in [-0.25, -0.2) is 0 Å². The summed E-state index contributed by atoms with van der Waals surface area (Å²) in [4.78, 5) is 26.1. The number of aryl methyl sites for hydroxylation is 2. The average Bonchev–Trinajstić information content (AvgIpc) is 2.99. The maximum atomic E-state index is 12.3. The molecule has 1 saturated heterocycles. The monoisotopic (exact) mass is 370 g/mol. The fourth-order valence-corrected chi connectivity index (χ4v) is 3.13. The number of morpholine rings is 1. The topological polar surface area (TPSA) is 76.5 Å². The Bertz CT molecular complexity index is 792. The normalized spacial score (nSPS) is 14.2. The first kappa shape index (κ1) is 19.1. The molecule has 1 aromatic heterocycles. The molecular weight excluding hydrogens is 344 g/mol. The van der Waals surface area contributed by atoms with E-state index in [0.717, 1.165) is 17.0 Å². The summed E-state index contributed by atoms with van der Waals surface area (Å²) in [6.07, 6.45) is 0.307. The molecule has 0 aliphatic carbocycles. The summed E-state index contributed by atoms with van der Waals surface area (Å²) in [5, 5.41) is 7.27. The van der Waals surface area contributed by atoms with E-state index in [1.807, 2.05) is 36.7 Å². The molecule has 0 spiro atoms. The first-order valence-electron chi connectivity index (χ1n) is 9.26. The highest BCUT2D eigenvalue weighted by atomic mass is 16.5. The number of benzene rings is 1. The molecule has 0 atom stereocenters. The lowest BCUT2D eigenvalue weighted by Gasteiger charge is -2.26. The Kier molecular flexibility index (Phi) is 6.24. The van der Waals surface area contributed by atoms with Gasteiger partial charge in [-0.1, -0.05) is 12.1 Å². The zero-order valence-electron chi connectivity index (χ0n) is 15.9. The minimum Gasteiger partial charge on any atom is -0.378 e. The van der Waals surface area contributed by atoms with E-state index in [-0.39, 0.29) is 11.8 Å². The zero-order valence-corrected chi connectivity index (χ0v) is 15.9. The van der Waals surface area contributed by atoms with E-state index in [1.165, 1.54) is 0 Å². The third-order valence-electron chi connectivity index (χ3n) is 4.64. The number of carbonyl (C=O) groups is 2. The Hall–Kier alpha value is -2.67. The number of nitrogens with zero attached hydrogens (tertiary/aromatic N) is 3. The van der Waals surface area contributed by atoms with Gasteiger partial charge in [0, 0.05) is 37.3 Å². The summed E-state index contributed by atoms with van der Waals surface area (Å²) in [5.74, 6) is -0.110. The number of ether oxygens (including phenoxy) is 1. The number of rotatable bonds is 6. The molecule has 1 N–H and O–H groups in total. The molecule has 0 unspecified atom stereocenters. The summed E-state index contributed by atoms with van der Waals surface area (Å²) in [7, 11) is 0. The molecule has 2 amide bonds. The molecule has 1 fully saturated rings. The van der Waals surface area contributed by atoms with Crippen LogP contribution in [0.25, 0.3) is 0 Å². The Morgan fingerprint density at radius 2 is 1.85 bits per heavy atom. The Balaban J connectivity index is 1.47. The van der Waals surface area contributed by atoms with Crippen LogP contribution < -0.4 is 5.32 Å². The Labute approximate surface area is 159 Å². The van der Waals surface area contributed by atoms with E-state index >= 15 is 0 Å². The molecule has 27 heavy (non-hydrogen) atoms. The fraction of sp³-hybridized carbons (Fsp3) is 0.450. The van der Waals surface area contributed by atoms with Gasteiger partial charge in [-0.3, -0.25) is 14.3 Å². The molecule has 1 aliphatic rings. The first-order chi connectivity index (χ1) is 13.0. The maximum absolute atomic E-state index is 12.3. The average molecular weight is 370 g/mol. The third-order valence-corrected chi connectivity index (χ3v) is 4.64. The van der Waals surface area contributed by atoms with Gasteiger partial charge in [0.1, 0.15) is 0 Å². The molecule has 1 aliphatic heterocycles. The second-order valence-electron chi connectivity index (χ2n) is 6.78. The van der Waals surface area contributed by atoms with E-state index in [0.29, 0.717) is 51.4 Å². The van der Waals surface area contributed by atoms with Crippen molar-refractivity contribution in [2.24, 2.45) is 0 Å². The van der Waals surface area contributed by atoms with Gasteiger partial charge in [0.05, 0.1) is 25.5 Å². The summed E-state index contributed by atoms with van der Waals surface area (Å²) in [6.45, 7) is 7.44. The predicted octanol–water partition coefficient (Wildman–Crippen LogP) is 1.53. The van der Waals surface area contributed by atoms with Crippen molar-refractivity contribution in [1.82, 2.24) is 20.0 Å². The van der Waals surface area contributed by atoms with Crippen LogP contribution in [0.3, 0.4) is 0 Å². The van der Waals surface area contributed by atoms with Gasteiger partial charge in [-0.15, -0.1) is 0 Å². The van der Waals surface area contributed by atoms with Crippen LogP contribution in [-0.2, 0) is 16.1 Å². The second-order valence-corrected chi connectivity index (χ2v) is 6.78. The zero-order chi connectivity index (χ0) is 19.2. The number of hydrogen-bond acceptors (Lipinski definition) is 4. The molecule has 1 aromatic carbocycles. The number of carbonyl (C=O) groups excluding carboxylic acids is 2. The van der Waals surface area contributed by atoms with E-state index in [2.05, 4.69) is 10.4 Å². The van der Waals surface area contributed by atoms with Crippen molar-refractivity contribution >= 4 is 11.8 Å². The summed E-state index contributed by atoms with van der Waals surface area (Å²) in [6, 6.07) is 9.52. The van der Waals surface area contributed by atoms with Gasteiger partial charge in [0.25, 0.3) is 5.91 Å². The van der Waals surface area contributed by atoms with Gasteiger partial charge >= 0.3 is 0 Å². The highest BCUT2D eigenvalue weighted by molar-refractivity contribution is 5.94. The smallest absolute Gasteiger partial charge is 0.251 e. The number of amides is 2. The van der Waals surface area contributed by atoms with E-state index in [4.69, 9.17) is 4.74 Å². The molecule has 0 bridgehead atoms. The molecular formula is C20H26N4O3. The molecule has 2 heterocycles. The summed E-state index contributed by atoms with van der Waals surface area (Å²) < 4.78 is 7.18. The van der Waals surface area contributed by atoms with Crippen molar-refractivity contribution in [2.45, 2.75) is 26.8 Å². The first-order valence-corrected chi connectivity index (χ1v) is 9.26. The minimum atomic E-state index is -0.164. The van der Waals surface area contributed by atoms with E-state index in [9.17, 15) is 9.59 Å². The van der Waals surface area contributed by atoms with Gasteiger partial charge < -0.3 is 15.0 Å². The standard InChI is InChI=1S/C20H26N4O3/c1-15-13-16(2)24(22-15)14-17-3-5-18(6-4-17)20(26)21-8-7-19(25)23-9-11-27-12-10-23/h3-6,13H,7-12,14H2,1-2H3,(H,21,26). The number of hydrogen-bond donors (Lipinski definition) is 1. The SMILES string of the molecule is Cc1cc(C)n(Cc2ccc(C(=O)NCCC(=O)N3CCOCC3)cc2)n1. The van der Waals surface area contributed by atoms with Crippen LogP contribution >= 0.6 is 0 Å². The lowest BCUT2D eigenvalue weighted by molar-refractivity contribution is -0.135. The molecule has 7 nitrogen and oxygen atoms in total. The van der Waals surface area contributed by atoms with Crippen molar-refractivity contribution in [3.05, 3.63) is 52.8 Å². The van der Waals surface area contributed by atoms with Crippen LogP contribution in [0.5, 0.6) is 0 Å². The van der Waals surface area contributed by atoms with Gasteiger partial charge in [0.2, 0.25) is 5.91 Å². The minimum absolute atomic E-state index is 0.0545. The Morgan fingerprint density at radius 3 is 2.48 bits per heavy atom. The maximum Gasteiger partial charge on any atom is 0.251 e. The van der Waals surface area contributed by atoms with E-state index in [1.54, 1.807) is 17.0 Å². The van der Waals surface area contributed by atoms with Crippen molar-refractivity contribution < 1.29 is 14.3 Å².